The van der Waals surface area contributed by atoms with Crippen LogP contribution >= 0.6 is 0 Å². The fraction of sp³-hybridized carbons (Fsp3) is 0.238. The number of nitrogens with zero attached hydrogens (tertiary/aromatic N) is 3. The van der Waals surface area contributed by atoms with E-state index in [4.69, 9.17) is 4.74 Å². The molecule has 6 nitrogen and oxygen atoms in total. The summed E-state index contributed by atoms with van der Waals surface area (Å²) in [5.41, 5.74) is 2.79. The molecule has 0 saturated heterocycles. The van der Waals surface area contributed by atoms with Gasteiger partial charge in [0.2, 0.25) is 5.91 Å². The van der Waals surface area contributed by atoms with Gasteiger partial charge in [0.25, 0.3) is 0 Å². The van der Waals surface area contributed by atoms with Gasteiger partial charge in [0.15, 0.2) is 5.84 Å². The zero-order chi connectivity index (χ0) is 19.2. The lowest BCUT2D eigenvalue weighted by atomic mass is 10.0. The number of aryl methyl sites for hydroxylation is 1. The van der Waals surface area contributed by atoms with Crippen molar-refractivity contribution in [2.24, 2.45) is 9.98 Å². The number of hydrogen-bond acceptors (Lipinski definition) is 4. The highest BCUT2D eigenvalue weighted by atomic mass is 16.5. The Kier molecular flexibility index (Phi) is 5.76. The smallest absolute Gasteiger partial charge is 0.233 e. The average molecular weight is 362 g/mol. The van der Waals surface area contributed by atoms with Crippen molar-refractivity contribution in [1.82, 2.24) is 10.3 Å². The second kappa shape index (κ2) is 8.40. The standard InChI is InChI=1S/C21H22N4O2/c1-4-19(24-20(22-2)18-7-5-6-12-23-18)25-21(26)17-10-8-14-13-15(27-3)9-11-16(14)17/h4-7,9,11-13,17H,2,8,10H2,1,3H3,(H,25,26)/b19-4+,24-20?. The molecule has 138 valence electrons. The molecule has 1 N–H and O–H groups in total. The molecule has 1 atom stereocenters. The number of methoxy groups -OCH3 is 1. The van der Waals surface area contributed by atoms with E-state index in [1.807, 2.05) is 37.3 Å². The molecule has 27 heavy (non-hydrogen) atoms. The molecular formula is C21H22N4O2. The van der Waals surface area contributed by atoms with E-state index in [9.17, 15) is 4.79 Å². The second-order valence-corrected chi connectivity index (χ2v) is 6.13. The summed E-state index contributed by atoms with van der Waals surface area (Å²) in [4.78, 5) is 25.4. The van der Waals surface area contributed by atoms with Gasteiger partial charge in [0.1, 0.15) is 17.3 Å². The normalized spacial score (nSPS) is 16.6. The minimum atomic E-state index is -0.203. The van der Waals surface area contributed by atoms with E-state index in [2.05, 4.69) is 27.0 Å². The van der Waals surface area contributed by atoms with Crippen LogP contribution in [0.3, 0.4) is 0 Å². The number of amidine groups is 1. The molecule has 0 saturated carbocycles. The van der Waals surface area contributed by atoms with E-state index < -0.39 is 0 Å². The van der Waals surface area contributed by atoms with Crippen molar-refractivity contribution in [3.05, 3.63) is 71.3 Å². The molecule has 1 heterocycles. The molecule has 1 aliphatic carbocycles. The Morgan fingerprint density at radius 3 is 2.89 bits per heavy atom. The molecule has 1 aromatic carbocycles. The summed E-state index contributed by atoms with van der Waals surface area (Å²) in [7, 11) is 1.64. The Bertz CT molecular complexity index is 904. The minimum Gasteiger partial charge on any atom is -0.497 e. The van der Waals surface area contributed by atoms with Crippen molar-refractivity contribution < 1.29 is 9.53 Å². The van der Waals surface area contributed by atoms with Gasteiger partial charge in [-0.25, -0.2) is 9.98 Å². The van der Waals surface area contributed by atoms with E-state index in [0.717, 1.165) is 29.7 Å². The van der Waals surface area contributed by atoms with Crippen LogP contribution in [-0.4, -0.2) is 30.6 Å². The van der Waals surface area contributed by atoms with Gasteiger partial charge >= 0.3 is 0 Å². The molecule has 0 aliphatic heterocycles. The van der Waals surface area contributed by atoms with E-state index in [0.29, 0.717) is 17.4 Å². The fourth-order valence-electron chi connectivity index (χ4n) is 3.15. The molecular weight excluding hydrogens is 340 g/mol. The monoisotopic (exact) mass is 362 g/mol. The van der Waals surface area contributed by atoms with Crippen LogP contribution in [0.5, 0.6) is 5.75 Å². The lowest BCUT2D eigenvalue weighted by Crippen LogP contribution is -2.27. The van der Waals surface area contributed by atoms with Crippen LogP contribution in [0.4, 0.5) is 0 Å². The number of pyridine rings is 1. The number of fused-ring (bicyclic) bond motifs is 1. The number of allylic oxidation sites excluding steroid dienone is 1. The third kappa shape index (κ3) is 4.11. The molecule has 3 rings (SSSR count). The highest BCUT2D eigenvalue weighted by molar-refractivity contribution is 6.00. The van der Waals surface area contributed by atoms with Crippen LogP contribution in [0.2, 0.25) is 0 Å². The quantitative estimate of drug-likeness (QED) is 0.655. The summed E-state index contributed by atoms with van der Waals surface area (Å²) >= 11 is 0. The van der Waals surface area contributed by atoms with Crippen LogP contribution < -0.4 is 10.1 Å². The third-order valence-corrected chi connectivity index (χ3v) is 4.54. The van der Waals surface area contributed by atoms with Crippen molar-refractivity contribution in [3.8, 4) is 5.75 Å². The number of rotatable bonds is 5. The highest BCUT2D eigenvalue weighted by Gasteiger charge is 2.29. The highest BCUT2D eigenvalue weighted by Crippen LogP contribution is 2.35. The number of carbonyl (C=O) groups excluding carboxylic acids is 1. The summed E-state index contributed by atoms with van der Waals surface area (Å²) in [6, 6.07) is 11.3. The van der Waals surface area contributed by atoms with Gasteiger partial charge in [-0.1, -0.05) is 12.1 Å². The summed E-state index contributed by atoms with van der Waals surface area (Å²) in [6.07, 6.45) is 5.01. The molecule has 1 aliphatic rings. The number of nitrogens with one attached hydrogen (secondary N) is 1. The Morgan fingerprint density at radius 1 is 1.37 bits per heavy atom. The van der Waals surface area contributed by atoms with Gasteiger partial charge in [0.05, 0.1) is 13.0 Å². The number of ether oxygens (including phenoxy) is 1. The number of aromatic nitrogens is 1. The zero-order valence-electron chi connectivity index (χ0n) is 15.5. The molecule has 0 radical (unpaired) electrons. The maximum atomic E-state index is 12.8. The molecule has 2 aromatic rings. The molecule has 0 bridgehead atoms. The average Bonchev–Trinajstić information content (AvgIpc) is 3.14. The number of aliphatic imine (C=N–C) groups is 2. The Morgan fingerprint density at radius 2 is 2.22 bits per heavy atom. The molecule has 6 heteroatoms. The topological polar surface area (TPSA) is 75.9 Å². The maximum absolute atomic E-state index is 12.8. The van der Waals surface area contributed by atoms with E-state index in [1.165, 1.54) is 0 Å². The van der Waals surface area contributed by atoms with Crippen LogP contribution in [-0.2, 0) is 11.2 Å². The van der Waals surface area contributed by atoms with Crippen LogP contribution in [0.15, 0.2) is 64.5 Å². The first-order valence-corrected chi connectivity index (χ1v) is 8.77. The van der Waals surface area contributed by atoms with Crippen molar-refractivity contribution in [1.29, 1.82) is 0 Å². The number of hydrogen-bond donors (Lipinski definition) is 1. The van der Waals surface area contributed by atoms with Gasteiger partial charge in [-0.3, -0.25) is 9.78 Å². The molecule has 0 spiro atoms. The number of carbonyl (C=O) groups is 1. The Balaban J connectivity index is 1.77. The van der Waals surface area contributed by atoms with Crippen molar-refractivity contribution in [3.63, 3.8) is 0 Å². The van der Waals surface area contributed by atoms with Crippen molar-refractivity contribution in [2.75, 3.05) is 7.11 Å². The summed E-state index contributed by atoms with van der Waals surface area (Å²) in [6.45, 7) is 5.37. The van der Waals surface area contributed by atoms with Gasteiger partial charge in [-0.15, -0.1) is 0 Å². The van der Waals surface area contributed by atoms with Crippen LogP contribution in [0, 0.1) is 0 Å². The number of amides is 1. The molecule has 1 aromatic heterocycles. The van der Waals surface area contributed by atoms with Crippen LogP contribution in [0.1, 0.15) is 36.1 Å². The molecule has 1 unspecified atom stereocenters. The number of benzene rings is 1. The second-order valence-electron chi connectivity index (χ2n) is 6.13. The van der Waals surface area contributed by atoms with Gasteiger partial charge in [-0.2, -0.15) is 0 Å². The van der Waals surface area contributed by atoms with Crippen molar-refractivity contribution >= 4 is 18.5 Å². The van der Waals surface area contributed by atoms with Gasteiger partial charge in [-0.05, 0) is 68.0 Å². The zero-order valence-corrected chi connectivity index (χ0v) is 15.5. The molecule has 1 amide bonds. The summed E-state index contributed by atoms with van der Waals surface area (Å²) in [5, 5.41) is 2.90. The first kappa shape index (κ1) is 18.5. The first-order valence-electron chi connectivity index (χ1n) is 8.77. The predicted octanol–water partition coefficient (Wildman–Crippen LogP) is 3.24. The van der Waals surface area contributed by atoms with E-state index >= 15 is 0 Å². The summed E-state index contributed by atoms with van der Waals surface area (Å²) in [5.74, 6) is 1.31. The lowest BCUT2D eigenvalue weighted by Gasteiger charge is -2.13. The SMILES string of the molecule is C=NC(=N/C(=C\C)NC(=O)C1CCc2cc(OC)ccc21)c1ccccn1. The summed E-state index contributed by atoms with van der Waals surface area (Å²) < 4.78 is 5.27. The third-order valence-electron chi connectivity index (χ3n) is 4.54. The Labute approximate surface area is 158 Å². The van der Waals surface area contributed by atoms with Gasteiger partial charge in [0, 0.05) is 6.20 Å². The largest absolute Gasteiger partial charge is 0.497 e. The van der Waals surface area contributed by atoms with Crippen LogP contribution in [0.25, 0.3) is 0 Å². The predicted molar refractivity (Wildman–Crippen MR) is 106 cm³/mol. The molecule has 0 fully saturated rings. The Hall–Kier alpha value is -3.28. The minimum absolute atomic E-state index is 0.0831. The van der Waals surface area contributed by atoms with E-state index in [1.54, 1.807) is 25.4 Å². The van der Waals surface area contributed by atoms with Crippen molar-refractivity contribution in [2.45, 2.75) is 25.7 Å². The fourth-order valence-corrected chi connectivity index (χ4v) is 3.15. The lowest BCUT2D eigenvalue weighted by molar-refractivity contribution is -0.121. The van der Waals surface area contributed by atoms with Gasteiger partial charge < -0.3 is 10.1 Å². The first-order chi connectivity index (χ1) is 13.2. The maximum Gasteiger partial charge on any atom is 0.233 e. The van der Waals surface area contributed by atoms with E-state index in [-0.39, 0.29) is 11.8 Å².